The maximum atomic E-state index is 11.8. The van der Waals surface area contributed by atoms with E-state index in [1.54, 1.807) is 24.3 Å². The van der Waals surface area contributed by atoms with Crippen molar-refractivity contribution in [2.45, 2.75) is 6.04 Å². The molecule has 90 valence electrons. The minimum absolute atomic E-state index is 0.100. The van der Waals surface area contributed by atoms with Gasteiger partial charge in [-0.15, -0.1) is 0 Å². The van der Waals surface area contributed by atoms with Crippen LogP contribution in [0.25, 0.3) is 0 Å². The van der Waals surface area contributed by atoms with Gasteiger partial charge in [0.25, 0.3) is 0 Å². The smallest absolute Gasteiger partial charge is 0.243 e. The average molecular weight is 254 g/mol. The minimum Gasteiger partial charge on any atom is -0.353 e. The summed E-state index contributed by atoms with van der Waals surface area (Å²) in [5.74, 6) is -0.288. The molecule has 1 atom stereocenters. The fraction of sp³-hybridized carbons (Fsp3) is 0.273. The first-order chi connectivity index (χ1) is 8.15. The summed E-state index contributed by atoms with van der Waals surface area (Å²) in [6.07, 6.45) is 0. The lowest BCUT2D eigenvalue weighted by Crippen LogP contribution is -2.56. The number of amides is 2. The number of hydrogen-bond donors (Lipinski definition) is 3. The van der Waals surface area contributed by atoms with E-state index in [1.807, 2.05) is 0 Å². The lowest BCUT2D eigenvalue weighted by molar-refractivity contribution is -0.124. The van der Waals surface area contributed by atoms with Gasteiger partial charge in [-0.05, 0) is 18.2 Å². The molecule has 6 heteroatoms. The van der Waals surface area contributed by atoms with Crippen molar-refractivity contribution in [3.8, 4) is 0 Å². The van der Waals surface area contributed by atoms with Gasteiger partial charge in [-0.2, -0.15) is 0 Å². The number of rotatable bonds is 2. The van der Waals surface area contributed by atoms with Crippen molar-refractivity contribution in [2.24, 2.45) is 0 Å². The van der Waals surface area contributed by atoms with Crippen LogP contribution in [0, 0.1) is 0 Å². The van der Waals surface area contributed by atoms with E-state index in [2.05, 4.69) is 16.0 Å². The summed E-state index contributed by atoms with van der Waals surface area (Å²) in [6, 6.07) is 6.50. The molecule has 1 aromatic rings. The Bertz CT molecular complexity index is 440. The van der Waals surface area contributed by atoms with Crippen molar-refractivity contribution in [2.75, 3.05) is 18.4 Å². The highest BCUT2D eigenvalue weighted by Crippen LogP contribution is 2.15. The third-order valence-electron chi connectivity index (χ3n) is 2.42. The van der Waals surface area contributed by atoms with Crippen LogP contribution in [-0.2, 0) is 9.59 Å². The largest absolute Gasteiger partial charge is 0.353 e. The van der Waals surface area contributed by atoms with Gasteiger partial charge in [0.15, 0.2) is 0 Å². The van der Waals surface area contributed by atoms with Crippen LogP contribution >= 0.6 is 11.6 Å². The van der Waals surface area contributed by atoms with E-state index in [0.717, 1.165) is 0 Å². The van der Waals surface area contributed by atoms with Crippen molar-refractivity contribution >= 4 is 29.1 Å². The highest BCUT2D eigenvalue weighted by atomic mass is 35.5. The van der Waals surface area contributed by atoms with Gasteiger partial charge in [0, 0.05) is 17.3 Å². The Hall–Kier alpha value is -1.59. The SMILES string of the molecule is O=C1CNC(C(=O)Nc2cccc(Cl)c2)CN1. The Labute approximate surface area is 104 Å². The maximum absolute atomic E-state index is 11.8. The first-order valence-electron chi connectivity index (χ1n) is 5.21. The Morgan fingerprint density at radius 2 is 2.29 bits per heavy atom. The number of benzene rings is 1. The molecule has 1 fully saturated rings. The molecule has 0 saturated carbocycles. The lowest BCUT2D eigenvalue weighted by Gasteiger charge is -2.23. The Kier molecular flexibility index (Phi) is 3.61. The minimum atomic E-state index is -0.410. The predicted octanol–water partition coefficient (Wildman–Crippen LogP) is 0.366. The molecule has 0 radical (unpaired) electrons. The van der Waals surface area contributed by atoms with Crippen LogP contribution in [0.2, 0.25) is 5.02 Å². The second-order valence-electron chi connectivity index (χ2n) is 3.74. The molecule has 1 aliphatic heterocycles. The highest BCUT2D eigenvalue weighted by molar-refractivity contribution is 6.30. The molecule has 1 aliphatic rings. The van der Waals surface area contributed by atoms with Gasteiger partial charge >= 0.3 is 0 Å². The molecule has 0 spiro atoms. The second kappa shape index (κ2) is 5.16. The summed E-state index contributed by atoms with van der Waals surface area (Å²) in [5.41, 5.74) is 0.640. The van der Waals surface area contributed by atoms with E-state index in [4.69, 9.17) is 11.6 Å². The quantitative estimate of drug-likeness (QED) is 0.713. The summed E-state index contributed by atoms with van der Waals surface area (Å²) in [4.78, 5) is 22.7. The third kappa shape index (κ3) is 3.18. The summed E-state index contributed by atoms with van der Waals surface area (Å²) in [6.45, 7) is 0.457. The lowest BCUT2D eigenvalue weighted by atomic mass is 10.2. The van der Waals surface area contributed by atoms with Gasteiger partial charge in [0.05, 0.1) is 6.54 Å². The summed E-state index contributed by atoms with van der Waals surface area (Å²) in [7, 11) is 0. The molecular formula is C11H12ClN3O2. The number of halogens is 1. The van der Waals surface area contributed by atoms with Crippen molar-refractivity contribution in [1.29, 1.82) is 0 Å². The summed E-state index contributed by atoms with van der Waals surface area (Å²) in [5, 5.41) is 8.76. The third-order valence-corrected chi connectivity index (χ3v) is 2.66. The zero-order valence-corrected chi connectivity index (χ0v) is 9.75. The van der Waals surface area contributed by atoms with E-state index in [9.17, 15) is 9.59 Å². The summed E-state index contributed by atoms with van der Waals surface area (Å²) >= 11 is 5.81. The Balaban J connectivity index is 1.95. The molecular weight excluding hydrogens is 242 g/mol. The van der Waals surface area contributed by atoms with Gasteiger partial charge < -0.3 is 10.6 Å². The zero-order valence-electron chi connectivity index (χ0n) is 9.00. The fourth-order valence-corrected chi connectivity index (χ4v) is 1.74. The highest BCUT2D eigenvalue weighted by Gasteiger charge is 2.23. The van der Waals surface area contributed by atoms with Gasteiger partial charge in [0.1, 0.15) is 6.04 Å². The van der Waals surface area contributed by atoms with Crippen LogP contribution in [0.5, 0.6) is 0 Å². The van der Waals surface area contributed by atoms with Crippen molar-refractivity contribution in [1.82, 2.24) is 10.6 Å². The molecule has 2 rings (SSSR count). The number of carbonyl (C=O) groups is 2. The van der Waals surface area contributed by atoms with E-state index >= 15 is 0 Å². The molecule has 1 unspecified atom stereocenters. The number of nitrogens with one attached hydrogen (secondary N) is 3. The normalized spacial score (nSPS) is 19.6. The van der Waals surface area contributed by atoms with Crippen LogP contribution in [0.3, 0.4) is 0 Å². The zero-order chi connectivity index (χ0) is 12.3. The molecule has 1 heterocycles. The van der Waals surface area contributed by atoms with E-state index in [1.165, 1.54) is 0 Å². The standard InChI is InChI=1S/C11H12ClN3O2/c12-7-2-1-3-8(4-7)15-11(17)9-5-14-10(16)6-13-9/h1-4,9,13H,5-6H2,(H,14,16)(H,15,17). The molecule has 1 aromatic carbocycles. The number of hydrogen-bond acceptors (Lipinski definition) is 3. The van der Waals surface area contributed by atoms with Crippen LogP contribution in [0.15, 0.2) is 24.3 Å². The first kappa shape index (κ1) is 11.9. The van der Waals surface area contributed by atoms with Crippen molar-refractivity contribution in [3.05, 3.63) is 29.3 Å². The maximum Gasteiger partial charge on any atom is 0.243 e. The molecule has 2 amide bonds. The monoisotopic (exact) mass is 253 g/mol. The molecule has 5 nitrogen and oxygen atoms in total. The molecule has 3 N–H and O–H groups in total. The van der Waals surface area contributed by atoms with Crippen LogP contribution in [0.4, 0.5) is 5.69 Å². The summed E-state index contributed by atoms with van der Waals surface area (Å²) < 4.78 is 0. The molecule has 0 bridgehead atoms. The van der Waals surface area contributed by atoms with Crippen LogP contribution in [0.1, 0.15) is 0 Å². The van der Waals surface area contributed by atoms with Crippen molar-refractivity contribution in [3.63, 3.8) is 0 Å². The number of carbonyl (C=O) groups excluding carboxylic acids is 2. The number of anilines is 1. The average Bonchev–Trinajstić information content (AvgIpc) is 2.29. The van der Waals surface area contributed by atoms with Crippen molar-refractivity contribution < 1.29 is 9.59 Å². The topological polar surface area (TPSA) is 70.2 Å². The van der Waals surface area contributed by atoms with Gasteiger partial charge in [-0.1, -0.05) is 17.7 Å². The Morgan fingerprint density at radius 3 is 2.94 bits per heavy atom. The van der Waals surface area contributed by atoms with Crippen LogP contribution in [-0.4, -0.2) is 30.9 Å². The van der Waals surface area contributed by atoms with Gasteiger partial charge in [-0.3, -0.25) is 14.9 Å². The van der Waals surface area contributed by atoms with E-state index in [-0.39, 0.29) is 18.4 Å². The fourth-order valence-electron chi connectivity index (χ4n) is 1.55. The molecule has 1 saturated heterocycles. The first-order valence-corrected chi connectivity index (χ1v) is 5.59. The van der Waals surface area contributed by atoms with Gasteiger partial charge in [-0.25, -0.2) is 0 Å². The number of piperazine rings is 1. The Morgan fingerprint density at radius 1 is 1.47 bits per heavy atom. The van der Waals surface area contributed by atoms with Crippen LogP contribution < -0.4 is 16.0 Å². The second-order valence-corrected chi connectivity index (χ2v) is 4.17. The van der Waals surface area contributed by atoms with E-state index < -0.39 is 6.04 Å². The molecule has 0 aliphatic carbocycles. The molecule has 0 aromatic heterocycles. The molecule has 17 heavy (non-hydrogen) atoms. The van der Waals surface area contributed by atoms with E-state index in [0.29, 0.717) is 17.3 Å². The predicted molar refractivity (Wildman–Crippen MR) is 64.9 cm³/mol. The van der Waals surface area contributed by atoms with Gasteiger partial charge in [0.2, 0.25) is 11.8 Å².